The average molecular weight is 644 g/mol. The van der Waals surface area contributed by atoms with Crippen molar-refractivity contribution < 1.29 is 24.3 Å². The fourth-order valence-corrected chi connectivity index (χ4v) is 8.42. The van der Waals surface area contributed by atoms with E-state index in [1.54, 1.807) is 49.4 Å². The molecule has 0 aromatic heterocycles. The van der Waals surface area contributed by atoms with Crippen molar-refractivity contribution in [2.45, 2.75) is 35.4 Å². The number of alkyl halides is 3. The maximum Gasteiger partial charge on any atom is 0.254 e. The number of halogens is 3. The van der Waals surface area contributed by atoms with Gasteiger partial charge in [-0.2, -0.15) is 0 Å². The quantitative estimate of drug-likeness (QED) is 0.212. The zero-order valence-corrected chi connectivity index (χ0v) is 24.5. The highest BCUT2D eigenvalue weighted by atomic mass is 79.9. The molecule has 4 amide bonds. The zero-order valence-electron chi connectivity index (χ0n) is 21.4. The predicted octanol–water partition coefficient (Wildman–Crippen LogP) is 5.26. The molecule has 2 heterocycles. The number of likely N-dealkylation sites (tertiary alicyclic amines) is 1. The summed E-state index contributed by atoms with van der Waals surface area (Å²) in [5.41, 5.74) is 3.09. The summed E-state index contributed by atoms with van der Waals surface area (Å²) in [6.07, 6.45) is 3.77. The van der Waals surface area contributed by atoms with Gasteiger partial charge in [-0.05, 0) is 60.6 Å². The van der Waals surface area contributed by atoms with Crippen LogP contribution in [0.2, 0.25) is 0 Å². The SMILES string of the molecule is C=Cc1ccc(N2C(=O)C3CC=C4C(CC5(Cl)C(=O)N(CBr)C(=O)C5(Cl)C4c4ccc(O)c(C)c4)C3C2=O)cc1. The fraction of sp³-hybridized carbons (Fsp3) is 0.333. The van der Waals surface area contributed by atoms with E-state index >= 15 is 0 Å². The number of carbonyl (C=O) groups excluding carboxylic acids is 4. The maximum absolute atomic E-state index is 14.0. The highest BCUT2D eigenvalue weighted by Crippen LogP contribution is 2.65. The number of aromatic hydroxyl groups is 1. The molecule has 206 valence electrons. The minimum absolute atomic E-state index is 0.0696. The van der Waals surface area contributed by atoms with Gasteiger partial charge in [-0.3, -0.25) is 29.0 Å². The van der Waals surface area contributed by atoms with Gasteiger partial charge < -0.3 is 5.11 Å². The van der Waals surface area contributed by atoms with Crippen LogP contribution in [0.5, 0.6) is 5.75 Å². The summed E-state index contributed by atoms with van der Waals surface area (Å²) in [5.74, 6) is -4.75. The van der Waals surface area contributed by atoms with Gasteiger partial charge in [0, 0.05) is 5.92 Å². The number of benzene rings is 2. The van der Waals surface area contributed by atoms with Gasteiger partial charge in [0.2, 0.25) is 11.8 Å². The standard InChI is InChI=1S/C30H25BrCl2N2O5/c1-3-16-4-7-18(8-5-16)35-25(37)20-10-9-19-21(23(20)26(35)38)13-29(32)27(39)34(14-31)28(40)30(29,33)24(19)17-6-11-22(36)15(2)12-17/h3-9,11-12,20-21,23-24,36H,1,10,13-14H2,2H3. The van der Waals surface area contributed by atoms with Crippen LogP contribution in [0, 0.1) is 24.7 Å². The number of phenolic OH excluding ortho intramolecular Hbond substituents is 1. The van der Waals surface area contributed by atoms with Crippen LogP contribution in [-0.2, 0) is 19.2 Å². The van der Waals surface area contributed by atoms with Crippen molar-refractivity contribution in [2.75, 3.05) is 10.4 Å². The molecule has 6 unspecified atom stereocenters. The number of hydrogen-bond donors (Lipinski definition) is 1. The molecule has 2 aliphatic carbocycles. The molecule has 0 bridgehead atoms. The maximum atomic E-state index is 14.0. The molecular formula is C30H25BrCl2N2O5. The van der Waals surface area contributed by atoms with E-state index in [1.807, 2.05) is 6.08 Å². The first-order chi connectivity index (χ1) is 19.0. The Kier molecular flexibility index (Phi) is 6.33. The number of imide groups is 2. The first kappa shape index (κ1) is 27.2. The Hall–Kier alpha value is -2.94. The molecule has 1 N–H and O–H groups in total. The molecule has 4 aliphatic rings. The third-order valence-electron chi connectivity index (χ3n) is 8.96. The van der Waals surface area contributed by atoms with Gasteiger partial charge in [0.05, 0.1) is 23.0 Å². The molecule has 1 saturated carbocycles. The molecule has 6 atom stereocenters. The third kappa shape index (κ3) is 3.42. The molecule has 2 saturated heterocycles. The monoisotopic (exact) mass is 642 g/mol. The Bertz CT molecular complexity index is 1540. The average Bonchev–Trinajstić information content (AvgIpc) is 3.28. The number of hydrogen-bond acceptors (Lipinski definition) is 5. The number of aryl methyl sites for hydroxylation is 1. The topological polar surface area (TPSA) is 95.0 Å². The van der Waals surface area contributed by atoms with Crippen molar-refractivity contribution in [1.82, 2.24) is 4.90 Å². The van der Waals surface area contributed by atoms with Crippen molar-refractivity contribution in [3.8, 4) is 5.75 Å². The molecule has 3 fully saturated rings. The van der Waals surface area contributed by atoms with Crippen LogP contribution in [-0.4, -0.2) is 48.8 Å². The lowest BCUT2D eigenvalue weighted by molar-refractivity contribution is -0.138. The Morgan fingerprint density at radius 2 is 1.75 bits per heavy atom. The molecule has 40 heavy (non-hydrogen) atoms. The molecule has 2 aliphatic heterocycles. The molecule has 7 nitrogen and oxygen atoms in total. The first-order valence-electron chi connectivity index (χ1n) is 12.9. The van der Waals surface area contributed by atoms with Crippen LogP contribution in [0.15, 0.2) is 60.7 Å². The lowest BCUT2D eigenvalue weighted by Gasteiger charge is -2.50. The van der Waals surface area contributed by atoms with Crippen molar-refractivity contribution in [3.63, 3.8) is 0 Å². The van der Waals surface area contributed by atoms with Gasteiger partial charge in [0.1, 0.15) is 5.75 Å². The number of nitrogens with zero attached hydrogens (tertiary/aromatic N) is 2. The van der Waals surface area contributed by atoms with E-state index in [0.29, 0.717) is 22.4 Å². The second-order valence-electron chi connectivity index (χ2n) is 10.8. The van der Waals surface area contributed by atoms with Crippen LogP contribution >= 0.6 is 39.1 Å². The number of carbonyl (C=O) groups is 4. The van der Waals surface area contributed by atoms with E-state index in [2.05, 4.69) is 22.5 Å². The van der Waals surface area contributed by atoms with Gasteiger partial charge in [-0.15, -0.1) is 23.2 Å². The van der Waals surface area contributed by atoms with E-state index in [9.17, 15) is 24.3 Å². The van der Waals surface area contributed by atoms with Crippen LogP contribution in [0.4, 0.5) is 5.69 Å². The molecular weight excluding hydrogens is 619 g/mol. The summed E-state index contributed by atoms with van der Waals surface area (Å²) in [5, 5.41) is 10.2. The summed E-state index contributed by atoms with van der Waals surface area (Å²) in [7, 11) is 0. The molecule has 0 spiro atoms. The summed E-state index contributed by atoms with van der Waals surface area (Å²) < 4.78 is 0. The molecule has 6 rings (SSSR count). The number of anilines is 1. The zero-order chi connectivity index (χ0) is 28.7. The first-order valence-corrected chi connectivity index (χ1v) is 14.8. The molecule has 2 aromatic rings. The van der Waals surface area contributed by atoms with Gasteiger partial charge in [0.25, 0.3) is 11.8 Å². The normalized spacial score (nSPS) is 33.0. The van der Waals surface area contributed by atoms with Crippen LogP contribution in [0.25, 0.3) is 6.08 Å². The van der Waals surface area contributed by atoms with E-state index < -0.39 is 45.2 Å². The second kappa shape index (κ2) is 9.29. The summed E-state index contributed by atoms with van der Waals surface area (Å²) >= 11 is 17.7. The van der Waals surface area contributed by atoms with Gasteiger partial charge >= 0.3 is 0 Å². The minimum Gasteiger partial charge on any atom is -0.508 e. The van der Waals surface area contributed by atoms with Crippen LogP contribution < -0.4 is 4.90 Å². The third-order valence-corrected chi connectivity index (χ3v) is 10.9. The van der Waals surface area contributed by atoms with E-state index in [-0.39, 0.29) is 35.9 Å². The molecule has 0 radical (unpaired) electrons. The van der Waals surface area contributed by atoms with Crippen molar-refractivity contribution in [1.29, 1.82) is 0 Å². The summed E-state index contributed by atoms with van der Waals surface area (Å²) in [6.45, 7) is 5.47. The summed E-state index contributed by atoms with van der Waals surface area (Å²) in [6, 6.07) is 11.9. The van der Waals surface area contributed by atoms with Crippen molar-refractivity contribution >= 4 is 74.5 Å². The molecule has 2 aromatic carbocycles. The van der Waals surface area contributed by atoms with Crippen LogP contribution in [0.3, 0.4) is 0 Å². The highest BCUT2D eigenvalue weighted by Gasteiger charge is 2.76. The molecule has 10 heteroatoms. The Morgan fingerprint density at radius 3 is 2.38 bits per heavy atom. The van der Waals surface area contributed by atoms with E-state index in [1.165, 1.54) is 11.0 Å². The van der Waals surface area contributed by atoms with E-state index in [4.69, 9.17) is 23.2 Å². The minimum atomic E-state index is -1.87. The number of rotatable bonds is 4. The Balaban J connectivity index is 1.50. The second-order valence-corrected chi connectivity index (χ2v) is 12.6. The fourth-order valence-electron chi connectivity index (χ4n) is 7.00. The Morgan fingerprint density at radius 1 is 1.05 bits per heavy atom. The number of amides is 4. The number of fused-ring (bicyclic) bond motifs is 4. The van der Waals surface area contributed by atoms with Crippen molar-refractivity contribution in [3.05, 3.63) is 77.4 Å². The van der Waals surface area contributed by atoms with Gasteiger partial charge in [-0.1, -0.05) is 64.5 Å². The van der Waals surface area contributed by atoms with Gasteiger partial charge in [-0.25, -0.2) is 0 Å². The number of phenols is 1. The van der Waals surface area contributed by atoms with Crippen LogP contribution in [0.1, 0.15) is 35.4 Å². The number of allylic oxidation sites excluding steroid dienone is 2. The highest BCUT2D eigenvalue weighted by molar-refractivity contribution is 9.09. The van der Waals surface area contributed by atoms with Gasteiger partial charge in [0.15, 0.2) is 9.75 Å². The summed E-state index contributed by atoms with van der Waals surface area (Å²) in [4.78, 5) is 53.6. The van der Waals surface area contributed by atoms with Crippen molar-refractivity contribution in [2.24, 2.45) is 17.8 Å². The lowest BCUT2D eigenvalue weighted by Crippen LogP contribution is -2.60. The lowest BCUT2D eigenvalue weighted by atomic mass is 9.56. The largest absolute Gasteiger partial charge is 0.508 e. The predicted molar refractivity (Wildman–Crippen MR) is 155 cm³/mol. The van der Waals surface area contributed by atoms with E-state index in [0.717, 1.165) is 10.5 Å². The smallest absolute Gasteiger partial charge is 0.254 e. The Labute approximate surface area is 249 Å².